The van der Waals surface area contributed by atoms with Crippen LogP contribution in [0.5, 0.6) is 5.75 Å². The van der Waals surface area contributed by atoms with E-state index in [1.165, 1.54) is 0 Å². The molecule has 23 heavy (non-hydrogen) atoms. The quantitative estimate of drug-likeness (QED) is 0.864. The summed E-state index contributed by atoms with van der Waals surface area (Å²) in [7, 11) is 0. The van der Waals surface area contributed by atoms with Crippen molar-refractivity contribution in [3.63, 3.8) is 0 Å². The number of anilines is 1. The summed E-state index contributed by atoms with van der Waals surface area (Å²) in [5.41, 5.74) is 6.77. The second kappa shape index (κ2) is 8.52. The van der Waals surface area contributed by atoms with E-state index < -0.39 is 0 Å². The molecule has 128 valence electrons. The lowest BCUT2D eigenvalue weighted by Gasteiger charge is -2.18. The minimum absolute atomic E-state index is 0. The van der Waals surface area contributed by atoms with E-state index in [0.717, 1.165) is 38.0 Å². The molecule has 1 saturated heterocycles. The number of benzene rings is 1. The first kappa shape index (κ1) is 18.0. The number of nitrogens with two attached hydrogens (primary N) is 1. The molecule has 6 heteroatoms. The summed E-state index contributed by atoms with van der Waals surface area (Å²) in [6.07, 6.45) is 4.65. The highest BCUT2D eigenvalue weighted by molar-refractivity contribution is 5.92. The van der Waals surface area contributed by atoms with Gasteiger partial charge in [0.1, 0.15) is 11.9 Å². The molecule has 1 amide bonds. The van der Waals surface area contributed by atoms with Crippen LogP contribution in [0, 0.1) is 5.92 Å². The number of para-hydroxylation sites is 2. The average molecular weight is 341 g/mol. The van der Waals surface area contributed by atoms with Crippen LogP contribution in [0.1, 0.15) is 32.1 Å². The van der Waals surface area contributed by atoms with Crippen LogP contribution in [-0.4, -0.2) is 31.3 Å². The van der Waals surface area contributed by atoms with Gasteiger partial charge < -0.3 is 20.5 Å². The molecule has 0 aromatic heterocycles. The SMILES string of the molecule is Cl.N[C@@H]1CCC[C@H]1CC(=O)Nc1ccccc1OC1CCOC1. The van der Waals surface area contributed by atoms with E-state index in [0.29, 0.717) is 24.7 Å². The van der Waals surface area contributed by atoms with Gasteiger partial charge in [0.25, 0.3) is 0 Å². The van der Waals surface area contributed by atoms with Gasteiger partial charge in [0, 0.05) is 18.9 Å². The Kier molecular flexibility index (Phi) is 6.69. The van der Waals surface area contributed by atoms with Crippen molar-refractivity contribution in [3.8, 4) is 5.75 Å². The number of nitrogens with one attached hydrogen (secondary N) is 1. The molecule has 1 aliphatic carbocycles. The standard InChI is InChI=1S/C17H24N2O3.ClH/c18-14-5-3-4-12(14)10-17(20)19-15-6-1-2-7-16(15)22-13-8-9-21-11-13;/h1-2,6-7,12-14H,3-5,8-11,18H2,(H,19,20);1H/t12-,13?,14+;/m0./s1. The zero-order valence-electron chi connectivity index (χ0n) is 13.2. The van der Waals surface area contributed by atoms with E-state index in [1.54, 1.807) is 0 Å². The maximum atomic E-state index is 12.3. The van der Waals surface area contributed by atoms with Crippen molar-refractivity contribution in [1.29, 1.82) is 0 Å². The Hall–Kier alpha value is -1.30. The number of hydrogen-bond acceptors (Lipinski definition) is 4. The van der Waals surface area contributed by atoms with Crippen molar-refractivity contribution >= 4 is 24.0 Å². The van der Waals surface area contributed by atoms with Gasteiger partial charge in [0.05, 0.1) is 18.9 Å². The van der Waals surface area contributed by atoms with Gasteiger partial charge in [-0.1, -0.05) is 18.6 Å². The number of carbonyl (C=O) groups excluding carboxylic acids is 1. The highest BCUT2D eigenvalue weighted by atomic mass is 35.5. The third-order valence-corrected chi connectivity index (χ3v) is 4.51. The fraction of sp³-hybridized carbons (Fsp3) is 0.588. The van der Waals surface area contributed by atoms with E-state index in [2.05, 4.69) is 5.32 Å². The molecule has 2 fully saturated rings. The van der Waals surface area contributed by atoms with Crippen LogP contribution in [0.4, 0.5) is 5.69 Å². The normalized spacial score (nSPS) is 26.6. The van der Waals surface area contributed by atoms with Gasteiger partial charge in [-0.2, -0.15) is 0 Å². The Balaban J connectivity index is 0.00000192. The molecule has 0 radical (unpaired) electrons. The van der Waals surface area contributed by atoms with Gasteiger partial charge >= 0.3 is 0 Å². The van der Waals surface area contributed by atoms with Crippen molar-refractivity contribution in [2.75, 3.05) is 18.5 Å². The first-order valence-electron chi connectivity index (χ1n) is 8.11. The molecule has 0 spiro atoms. The minimum Gasteiger partial charge on any atom is -0.486 e. The third kappa shape index (κ3) is 4.83. The molecule has 2 aliphatic rings. The molecule has 5 nitrogen and oxygen atoms in total. The number of rotatable bonds is 5. The Morgan fingerprint density at radius 3 is 2.83 bits per heavy atom. The smallest absolute Gasteiger partial charge is 0.224 e. The molecule has 0 bridgehead atoms. The number of hydrogen-bond donors (Lipinski definition) is 2. The fourth-order valence-corrected chi connectivity index (χ4v) is 3.22. The highest BCUT2D eigenvalue weighted by Crippen LogP contribution is 2.29. The van der Waals surface area contributed by atoms with Gasteiger partial charge in [-0.25, -0.2) is 0 Å². The molecule has 1 heterocycles. The van der Waals surface area contributed by atoms with Gasteiger partial charge in [-0.15, -0.1) is 12.4 Å². The van der Waals surface area contributed by atoms with Crippen LogP contribution in [0.3, 0.4) is 0 Å². The van der Waals surface area contributed by atoms with Crippen LogP contribution < -0.4 is 15.8 Å². The molecule has 1 aromatic rings. The monoisotopic (exact) mass is 340 g/mol. The lowest BCUT2D eigenvalue weighted by atomic mass is 10.00. The molecule has 1 aliphatic heterocycles. The van der Waals surface area contributed by atoms with Crippen LogP contribution in [0.25, 0.3) is 0 Å². The second-order valence-electron chi connectivity index (χ2n) is 6.21. The van der Waals surface area contributed by atoms with Crippen molar-refractivity contribution < 1.29 is 14.3 Å². The van der Waals surface area contributed by atoms with E-state index in [1.807, 2.05) is 24.3 Å². The predicted octanol–water partition coefficient (Wildman–Crippen LogP) is 2.73. The van der Waals surface area contributed by atoms with Gasteiger partial charge in [-0.05, 0) is 30.9 Å². The summed E-state index contributed by atoms with van der Waals surface area (Å²) >= 11 is 0. The van der Waals surface area contributed by atoms with Crippen LogP contribution in [0.15, 0.2) is 24.3 Å². The Morgan fingerprint density at radius 2 is 2.13 bits per heavy atom. The van der Waals surface area contributed by atoms with Gasteiger partial charge in [0.15, 0.2) is 0 Å². The molecule has 3 atom stereocenters. The summed E-state index contributed by atoms with van der Waals surface area (Å²) in [5.74, 6) is 1.03. The lowest BCUT2D eigenvalue weighted by molar-refractivity contribution is -0.117. The molecule has 1 unspecified atom stereocenters. The van der Waals surface area contributed by atoms with E-state index in [-0.39, 0.29) is 30.5 Å². The second-order valence-corrected chi connectivity index (χ2v) is 6.21. The zero-order valence-corrected chi connectivity index (χ0v) is 14.0. The summed E-state index contributed by atoms with van der Waals surface area (Å²) < 4.78 is 11.3. The number of ether oxygens (including phenoxy) is 2. The Morgan fingerprint density at radius 1 is 1.30 bits per heavy atom. The molecule has 1 aromatic carbocycles. The summed E-state index contributed by atoms with van der Waals surface area (Å²) in [6, 6.07) is 7.73. The summed E-state index contributed by atoms with van der Waals surface area (Å²) in [4.78, 5) is 12.3. The van der Waals surface area contributed by atoms with Crippen LogP contribution in [0.2, 0.25) is 0 Å². The largest absolute Gasteiger partial charge is 0.486 e. The Bertz CT molecular complexity index is 520. The Labute approximate surface area is 143 Å². The summed E-state index contributed by atoms with van der Waals surface area (Å²) in [6.45, 7) is 1.35. The maximum absolute atomic E-state index is 12.3. The van der Waals surface area contributed by atoms with Crippen LogP contribution >= 0.6 is 12.4 Å². The predicted molar refractivity (Wildman–Crippen MR) is 92.1 cm³/mol. The third-order valence-electron chi connectivity index (χ3n) is 4.51. The first-order chi connectivity index (χ1) is 10.7. The number of carbonyl (C=O) groups is 1. The minimum atomic E-state index is 0. The first-order valence-corrected chi connectivity index (χ1v) is 8.11. The zero-order chi connectivity index (χ0) is 15.4. The van der Waals surface area contributed by atoms with Crippen molar-refractivity contribution in [1.82, 2.24) is 0 Å². The molecular weight excluding hydrogens is 316 g/mol. The number of amides is 1. The molecule has 3 rings (SSSR count). The highest BCUT2D eigenvalue weighted by Gasteiger charge is 2.26. The topological polar surface area (TPSA) is 73.6 Å². The van der Waals surface area contributed by atoms with E-state index in [9.17, 15) is 4.79 Å². The molecule has 1 saturated carbocycles. The summed E-state index contributed by atoms with van der Waals surface area (Å²) in [5, 5.41) is 2.97. The van der Waals surface area contributed by atoms with Crippen molar-refractivity contribution in [2.45, 2.75) is 44.2 Å². The lowest BCUT2D eigenvalue weighted by Crippen LogP contribution is -2.28. The molecule has 3 N–H and O–H groups in total. The van der Waals surface area contributed by atoms with Crippen molar-refractivity contribution in [3.05, 3.63) is 24.3 Å². The van der Waals surface area contributed by atoms with E-state index in [4.69, 9.17) is 15.2 Å². The van der Waals surface area contributed by atoms with Crippen LogP contribution in [-0.2, 0) is 9.53 Å². The fourth-order valence-electron chi connectivity index (χ4n) is 3.22. The average Bonchev–Trinajstić information content (AvgIpc) is 3.14. The van der Waals surface area contributed by atoms with Gasteiger partial charge in [-0.3, -0.25) is 4.79 Å². The number of halogens is 1. The van der Waals surface area contributed by atoms with Crippen molar-refractivity contribution in [2.24, 2.45) is 11.7 Å². The molecular formula is C17H25ClN2O3. The van der Waals surface area contributed by atoms with Gasteiger partial charge in [0.2, 0.25) is 5.91 Å². The maximum Gasteiger partial charge on any atom is 0.224 e. The van der Waals surface area contributed by atoms with E-state index >= 15 is 0 Å².